The average molecular weight is 150 g/mol. The predicted molar refractivity (Wildman–Crippen MR) is 29.0 cm³/mol. The van der Waals surface area contributed by atoms with E-state index in [1.807, 2.05) is 0 Å². The molecule has 0 rings (SSSR count). The Bertz CT molecular complexity index is 138. The fraction of sp³-hybridized carbons (Fsp3) is 0.167. The summed E-state index contributed by atoms with van der Waals surface area (Å²) in [6.07, 6.45) is 2.98. The monoisotopic (exact) mass is 150 g/mol. The standard InChI is InChI=1S/C6H8O2.K/c1-3-4-5(2)6(7)8;/h3-4H,2H2,1H3,(H,7,8);/q;+1/p-1. The van der Waals surface area contributed by atoms with Crippen LogP contribution in [0.4, 0.5) is 0 Å². The Morgan fingerprint density at radius 3 is 2.22 bits per heavy atom. The van der Waals surface area contributed by atoms with Crippen LogP contribution in [-0.2, 0) is 4.79 Å². The van der Waals surface area contributed by atoms with E-state index >= 15 is 0 Å². The molecule has 2 nitrogen and oxygen atoms in total. The maximum atomic E-state index is 9.83. The summed E-state index contributed by atoms with van der Waals surface area (Å²) in [5.74, 6) is -1.22. The van der Waals surface area contributed by atoms with Crippen LogP contribution < -0.4 is 56.5 Å². The minimum absolute atomic E-state index is 0. The van der Waals surface area contributed by atoms with Crippen molar-refractivity contribution in [3.8, 4) is 0 Å². The zero-order chi connectivity index (χ0) is 6.57. The SMILES string of the molecule is C=C(C=CC)C(=O)[O-].[K+]. The van der Waals surface area contributed by atoms with E-state index in [2.05, 4.69) is 6.58 Å². The molecular formula is C6H7KO2. The Labute approximate surface area is 97.1 Å². The van der Waals surface area contributed by atoms with E-state index in [-0.39, 0.29) is 57.0 Å². The summed E-state index contributed by atoms with van der Waals surface area (Å²) in [7, 11) is 0. The Hall–Kier alpha value is 0.586. The van der Waals surface area contributed by atoms with Crippen molar-refractivity contribution >= 4 is 5.97 Å². The van der Waals surface area contributed by atoms with Gasteiger partial charge in [0, 0.05) is 0 Å². The maximum Gasteiger partial charge on any atom is 1.00 e. The molecule has 0 bridgehead atoms. The van der Waals surface area contributed by atoms with E-state index in [1.165, 1.54) is 6.08 Å². The van der Waals surface area contributed by atoms with Crippen molar-refractivity contribution in [1.82, 2.24) is 0 Å². The first-order valence-electron chi connectivity index (χ1n) is 2.21. The maximum absolute atomic E-state index is 9.83. The first-order valence-corrected chi connectivity index (χ1v) is 2.21. The molecule has 0 heterocycles. The van der Waals surface area contributed by atoms with Crippen molar-refractivity contribution in [2.24, 2.45) is 0 Å². The van der Waals surface area contributed by atoms with E-state index in [0.29, 0.717) is 0 Å². The molecule has 44 valence electrons. The van der Waals surface area contributed by atoms with Gasteiger partial charge in [0.05, 0.1) is 5.97 Å². The van der Waals surface area contributed by atoms with Crippen molar-refractivity contribution in [3.63, 3.8) is 0 Å². The van der Waals surface area contributed by atoms with Crippen LogP contribution in [0.2, 0.25) is 0 Å². The van der Waals surface area contributed by atoms with Gasteiger partial charge in [-0.3, -0.25) is 0 Å². The first kappa shape index (κ1) is 12.3. The molecular weight excluding hydrogens is 143 g/mol. The van der Waals surface area contributed by atoms with Crippen LogP contribution in [0.5, 0.6) is 0 Å². The second-order valence-electron chi connectivity index (χ2n) is 1.31. The summed E-state index contributed by atoms with van der Waals surface area (Å²) in [5.41, 5.74) is 0.00694. The van der Waals surface area contributed by atoms with Gasteiger partial charge in [-0.15, -0.1) is 0 Å². The third kappa shape index (κ3) is 6.47. The molecule has 0 amide bonds. The summed E-state index contributed by atoms with van der Waals surface area (Å²) in [6, 6.07) is 0. The fourth-order valence-corrected chi connectivity index (χ4v) is 0.269. The molecule has 0 aliphatic rings. The van der Waals surface area contributed by atoms with Crippen LogP contribution >= 0.6 is 0 Å². The summed E-state index contributed by atoms with van der Waals surface area (Å²) in [6.45, 7) is 4.91. The van der Waals surface area contributed by atoms with Crippen LogP contribution in [-0.4, -0.2) is 5.97 Å². The van der Waals surface area contributed by atoms with Crippen LogP contribution in [0.25, 0.3) is 0 Å². The first-order chi connectivity index (χ1) is 3.68. The van der Waals surface area contributed by atoms with E-state index in [1.54, 1.807) is 13.0 Å². The molecule has 0 aliphatic heterocycles. The Morgan fingerprint density at radius 1 is 1.67 bits per heavy atom. The van der Waals surface area contributed by atoms with Crippen LogP contribution in [0, 0.1) is 0 Å². The van der Waals surface area contributed by atoms with E-state index in [4.69, 9.17) is 0 Å². The third-order valence-corrected chi connectivity index (χ3v) is 0.630. The molecule has 0 aromatic heterocycles. The number of carboxylic acids is 1. The van der Waals surface area contributed by atoms with Gasteiger partial charge in [0.25, 0.3) is 0 Å². The molecule has 0 saturated heterocycles. The Balaban J connectivity index is 0. The molecule has 0 aliphatic carbocycles. The van der Waals surface area contributed by atoms with Gasteiger partial charge >= 0.3 is 51.4 Å². The molecule has 0 radical (unpaired) electrons. The summed E-state index contributed by atoms with van der Waals surface area (Å²) in [5, 5.41) is 9.83. The third-order valence-electron chi connectivity index (χ3n) is 0.630. The zero-order valence-corrected chi connectivity index (χ0v) is 8.80. The largest absolute Gasteiger partial charge is 1.00 e. The van der Waals surface area contributed by atoms with Crippen molar-refractivity contribution in [3.05, 3.63) is 24.3 Å². The van der Waals surface area contributed by atoms with Gasteiger partial charge in [-0.05, 0) is 12.5 Å². The molecule has 9 heavy (non-hydrogen) atoms. The molecule has 0 spiro atoms. The number of rotatable bonds is 2. The predicted octanol–water partition coefficient (Wildman–Crippen LogP) is -3.13. The number of aliphatic carboxylic acids is 1. The van der Waals surface area contributed by atoms with E-state index < -0.39 is 5.97 Å². The molecule has 0 atom stereocenters. The van der Waals surface area contributed by atoms with Gasteiger partial charge < -0.3 is 9.90 Å². The van der Waals surface area contributed by atoms with Crippen molar-refractivity contribution in [1.29, 1.82) is 0 Å². The molecule has 3 heteroatoms. The smallest absolute Gasteiger partial charge is 0.545 e. The van der Waals surface area contributed by atoms with Crippen molar-refractivity contribution < 1.29 is 61.3 Å². The number of carboxylic acid groups (broad SMARTS) is 1. The Morgan fingerprint density at radius 2 is 2.11 bits per heavy atom. The number of allylic oxidation sites excluding steroid dienone is 1. The quantitative estimate of drug-likeness (QED) is 0.237. The summed E-state index contributed by atoms with van der Waals surface area (Å²) in [4.78, 5) is 9.83. The summed E-state index contributed by atoms with van der Waals surface area (Å²) < 4.78 is 0. The molecule has 0 aromatic carbocycles. The minimum atomic E-state index is -1.22. The molecule has 0 saturated carbocycles. The van der Waals surface area contributed by atoms with Gasteiger partial charge in [-0.25, -0.2) is 0 Å². The van der Waals surface area contributed by atoms with Crippen molar-refractivity contribution in [2.45, 2.75) is 6.92 Å². The Kier molecular flexibility index (Phi) is 9.15. The van der Waals surface area contributed by atoms with Crippen molar-refractivity contribution in [2.75, 3.05) is 0 Å². The fourth-order valence-electron chi connectivity index (χ4n) is 0.269. The van der Waals surface area contributed by atoms with Gasteiger partial charge in [0.2, 0.25) is 0 Å². The molecule has 0 fully saturated rings. The average Bonchev–Trinajstić information content (AvgIpc) is 1.67. The zero-order valence-electron chi connectivity index (χ0n) is 5.68. The second kappa shape index (κ2) is 6.70. The van der Waals surface area contributed by atoms with Gasteiger partial charge in [0.15, 0.2) is 0 Å². The number of carbonyl (C=O) groups is 1. The van der Waals surface area contributed by atoms with Gasteiger partial charge in [0.1, 0.15) is 0 Å². The normalized spacial score (nSPS) is 8.56. The molecule has 0 aromatic rings. The topological polar surface area (TPSA) is 40.1 Å². The van der Waals surface area contributed by atoms with E-state index in [9.17, 15) is 9.90 Å². The van der Waals surface area contributed by atoms with Gasteiger partial charge in [-0.2, -0.15) is 0 Å². The van der Waals surface area contributed by atoms with E-state index in [0.717, 1.165) is 0 Å². The van der Waals surface area contributed by atoms with Gasteiger partial charge in [-0.1, -0.05) is 18.7 Å². The second-order valence-corrected chi connectivity index (χ2v) is 1.31. The number of hydrogen-bond acceptors (Lipinski definition) is 2. The summed E-state index contributed by atoms with van der Waals surface area (Å²) >= 11 is 0. The molecule has 0 N–H and O–H groups in total. The number of hydrogen-bond donors (Lipinski definition) is 0. The van der Waals surface area contributed by atoms with Crippen LogP contribution in [0.1, 0.15) is 6.92 Å². The molecule has 0 unspecified atom stereocenters. The van der Waals surface area contributed by atoms with Crippen LogP contribution in [0.15, 0.2) is 24.3 Å². The minimum Gasteiger partial charge on any atom is -0.545 e. The van der Waals surface area contributed by atoms with Crippen LogP contribution in [0.3, 0.4) is 0 Å². The number of carbonyl (C=O) groups excluding carboxylic acids is 1.